The van der Waals surface area contributed by atoms with Gasteiger partial charge >= 0.3 is 27.1 Å². The fourth-order valence-electron chi connectivity index (χ4n) is 3.23. The van der Waals surface area contributed by atoms with E-state index in [1.54, 1.807) is 12.1 Å². The number of carbonyl (C=O) groups is 1. The normalized spacial score (nSPS) is 19.9. The van der Waals surface area contributed by atoms with Crippen LogP contribution in [0.25, 0.3) is 0 Å². The van der Waals surface area contributed by atoms with Crippen molar-refractivity contribution in [1.29, 1.82) is 0 Å². The van der Waals surface area contributed by atoms with Gasteiger partial charge in [0.1, 0.15) is 5.60 Å². The molecule has 30 heavy (non-hydrogen) atoms. The molecule has 0 atom stereocenters. The number of sulfonamides is 1. The molecule has 1 saturated carbocycles. The van der Waals surface area contributed by atoms with Crippen LogP contribution in [0.3, 0.4) is 0 Å². The van der Waals surface area contributed by atoms with E-state index in [2.05, 4.69) is 15.4 Å². The van der Waals surface area contributed by atoms with Crippen molar-refractivity contribution in [3.05, 3.63) is 29.8 Å². The van der Waals surface area contributed by atoms with Gasteiger partial charge in [0.25, 0.3) is 0 Å². The number of aryl methyl sites for hydroxylation is 1. The minimum atomic E-state index is -3.89. The molecule has 1 aromatic carbocycles. The maximum atomic E-state index is 12.5. The number of rotatable bonds is 6. The Morgan fingerprint density at radius 1 is 1.03 bits per heavy atom. The molecule has 10 heteroatoms. The number of hydrogen-bond donors (Lipinski definition) is 3. The average Bonchev–Trinajstić information content (AvgIpc) is 2.59. The molecule has 1 fully saturated rings. The molecule has 2 aromatic rings. The van der Waals surface area contributed by atoms with Crippen LogP contribution in [0.2, 0.25) is 0 Å². The van der Waals surface area contributed by atoms with Crippen LogP contribution in [0.1, 0.15) is 52.0 Å². The van der Waals surface area contributed by atoms with Gasteiger partial charge in [-0.1, -0.05) is 17.7 Å². The van der Waals surface area contributed by atoms with E-state index in [1.165, 1.54) is 0 Å². The van der Waals surface area contributed by atoms with E-state index >= 15 is 0 Å². The zero-order valence-corrected chi connectivity index (χ0v) is 18.5. The first-order valence-electron chi connectivity index (χ1n) is 9.96. The number of amides is 1. The summed E-state index contributed by atoms with van der Waals surface area (Å²) in [6.07, 6.45) is 2.55. The van der Waals surface area contributed by atoms with Crippen molar-refractivity contribution < 1.29 is 27.1 Å². The molecule has 1 amide bonds. The van der Waals surface area contributed by atoms with E-state index in [-0.39, 0.29) is 23.1 Å². The van der Waals surface area contributed by atoms with Crippen molar-refractivity contribution in [1.82, 2.24) is 5.32 Å². The maximum Gasteiger partial charge on any atom is 0.407 e. The number of hydrogen-bond acceptors (Lipinski definition) is 7. The van der Waals surface area contributed by atoms with Crippen molar-refractivity contribution in [3.8, 4) is 0 Å². The smallest absolute Gasteiger partial charge is 0.407 e. The molecule has 3 rings (SSSR count). The lowest BCUT2D eigenvalue weighted by Gasteiger charge is -2.30. The van der Waals surface area contributed by atoms with Gasteiger partial charge in [0.05, 0.1) is 0 Å². The number of benzene rings is 1. The number of ether oxygens (including phenoxy) is 1. The minimum absolute atomic E-state index is 0.0187. The molecule has 166 valence electrons. The lowest BCUT2D eigenvalue weighted by molar-refractivity contribution is -0.0376. The van der Waals surface area contributed by atoms with Gasteiger partial charge in [-0.3, -0.25) is 13.9 Å². The van der Waals surface area contributed by atoms with E-state index < -0.39 is 21.7 Å². The first-order chi connectivity index (χ1) is 14.0. The third-order valence-corrected chi connectivity index (χ3v) is 5.96. The highest BCUT2D eigenvalue weighted by Gasteiger charge is 2.33. The Morgan fingerprint density at radius 2 is 1.63 bits per heavy atom. The maximum absolute atomic E-state index is 12.5. The van der Waals surface area contributed by atoms with Gasteiger partial charge in [0.2, 0.25) is 0 Å². The summed E-state index contributed by atoms with van der Waals surface area (Å²) in [4.78, 5) is 11.9. The lowest BCUT2D eigenvalue weighted by atomic mass is 9.91. The van der Waals surface area contributed by atoms with Crippen LogP contribution in [-0.2, 0) is 14.8 Å². The molecule has 9 nitrogen and oxygen atoms in total. The van der Waals surface area contributed by atoms with Gasteiger partial charge in [-0.2, -0.15) is 8.42 Å². The number of carbonyl (C=O) groups excluding carboxylic acids is 1. The van der Waals surface area contributed by atoms with E-state index in [9.17, 15) is 13.2 Å². The molecule has 1 heterocycles. The van der Waals surface area contributed by atoms with Crippen molar-refractivity contribution in [2.24, 2.45) is 0 Å². The van der Waals surface area contributed by atoms with Crippen molar-refractivity contribution in [3.63, 3.8) is 0 Å². The molecule has 1 aliphatic rings. The molecular formula is C20H29N3O6S. The summed E-state index contributed by atoms with van der Waals surface area (Å²) in [6.45, 7) is 7.38. The highest BCUT2D eigenvalue weighted by Crippen LogP contribution is 2.31. The Labute approximate surface area is 176 Å². The van der Waals surface area contributed by atoms with Crippen LogP contribution in [0.15, 0.2) is 38.5 Å². The van der Waals surface area contributed by atoms with Crippen molar-refractivity contribution in [2.75, 3.05) is 10.0 Å². The molecule has 0 bridgehead atoms. The standard InChI is InChI=1S/C20H29N3O6S/c1-13-5-7-16(8-6-13)23-30(25,26)18-17(28-29-18)21-14-9-11-15(12-10-14)22-19(24)27-20(2,3)4/h5-8,14-15,21,23H,9-12H2,1-4H3,(H,22,24). The summed E-state index contributed by atoms with van der Waals surface area (Å²) >= 11 is 0. The summed E-state index contributed by atoms with van der Waals surface area (Å²) in [7, 11) is -3.89. The van der Waals surface area contributed by atoms with Gasteiger partial charge in [-0.25, -0.2) is 4.79 Å². The van der Waals surface area contributed by atoms with E-state index in [1.807, 2.05) is 39.8 Å². The van der Waals surface area contributed by atoms with Crippen LogP contribution in [0.5, 0.6) is 0 Å². The van der Waals surface area contributed by atoms with Crippen LogP contribution in [0, 0.1) is 6.92 Å². The first-order valence-corrected chi connectivity index (χ1v) is 11.4. The van der Waals surface area contributed by atoms with Gasteiger partial charge in [-0.15, -0.1) is 0 Å². The van der Waals surface area contributed by atoms with Crippen molar-refractivity contribution >= 4 is 27.7 Å². The Hall–Kier alpha value is -2.62. The van der Waals surface area contributed by atoms with E-state index in [0.717, 1.165) is 31.2 Å². The Bertz CT molecular complexity index is 948. The van der Waals surface area contributed by atoms with Gasteiger partial charge in [0, 0.05) is 17.8 Å². The lowest BCUT2D eigenvalue weighted by Crippen LogP contribution is -2.42. The number of anilines is 2. The summed E-state index contributed by atoms with van der Waals surface area (Å²) in [5, 5.41) is 5.70. The fourth-order valence-corrected chi connectivity index (χ4v) is 4.23. The molecule has 1 aromatic heterocycles. The first kappa shape index (κ1) is 22.1. The Balaban J connectivity index is 1.50. The second-order valence-electron chi connectivity index (χ2n) is 8.59. The highest BCUT2D eigenvalue weighted by molar-refractivity contribution is 7.92. The second-order valence-corrected chi connectivity index (χ2v) is 10.2. The van der Waals surface area contributed by atoms with E-state index in [4.69, 9.17) is 13.9 Å². The van der Waals surface area contributed by atoms with Crippen molar-refractivity contribution in [2.45, 2.75) is 76.2 Å². The van der Waals surface area contributed by atoms with Crippen LogP contribution >= 0.6 is 0 Å². The molecule has 0 saturated heterocycles. The van der Waals surface area contributed by atoms with Gasteiger partial charge in [0.15, 0.2) is 0 Å². The van der Waals surface area contributed by atoms with Gasteiger partial charge in [-0.05, 0) is 65.5 Å². The molecular weight excluding hydrogens is 410 g/mol. The molecule has 0 unspecified atom stereocenters. The largest absolute Gasteiger partial charge is 0.444 e. The highest BCUT2D eigenvalue weighted by atomic mass is 32.2. The fraction of sp³-hybridized carbons (Fsp3) is 0.550. The predicted molar refractivity (Wildman–Crippen MR) is 112 cm³/mol. The summed E-state index contributed by atoms with van der Waals surface area (Å²) in [5.74, 6) is 0.0955. The zero-order chi connectivity index (χ0) is 21.9. The SMILES string of the molecule is Cc1ccc(NS(=O)(=O)c2ooc2NC2CCC(NC(=O)OC(C)(C)C)CC2)cc1. The predicted octanol–water partition coefficient (Wildman–Crippen LogP) is 4.23. The third kappa shape index (κ3) is 5.94. The second kappa shape index (κ2) is 8.63. The molecule has 0 radical (unpaired) electrons. The quantitative estimate of drug-likeness (QED) is 0.576. The Morgan fingerprint density at radius 3 is 2.17 bits per heavy atom. The van der Waals surface area contributed by atoms with Crippen LogP contribution < -0.4 is 15.4 Å². The topological polar surface area (TPSA) is 123 Å². The summed E-state index contributed by atoms with van der Waals surface area (Å²) < 4.78 is 42.5. The van der Waals surface area contributed by atoms with Crippen LogP contribution in [0.4, 0.5) is 16.4 Å². The Kier molecular flexibility index (Phi) is 6.35. The summed E-state index contributed by atoms with van der Waals surface area (Å²) in [6, 6.07) is 7.03. The molecule has 0 spiro atoms. The number of nitrogens with one attached hydrogen (secondary N) is 3. The molecule has 3 N–H and O–H groups in total. The summed E-state index contributed by atoms with van der Waals surface area (Å²) in [5.41, 5.74) is 0.932. The monoisotopic (exact) mass is 439 g/mol. The van der Waals surface area contributed by atoms with Gasteiger partial charge < -0.3 is 15.4 Å². The van der Waals surface area contributed by atoms with E-state index in [0.29, 0.717) is 5.69 Å². The van der Waals surface area contributed by atoms with Crippen LogP contribution in [-0.4, -0.2) is 32.2 Å². The minimum Gasteiger partial charge on any atom is -0.444 e. The number of alkyl carbamates (subject to hydrolysis) is 1. The average molecular weight is 440 g/mol. The molecule has 1 aliphatic carbocycles. The third-order valence-electron chi connectivity index (χ3n) is 4.72. The zero-order valence-electron chi connectivity index (χ0n) is 17.7. The molecule has 0 aliphatic heterocycles.